The van der Waals surface area contributed by atoms with Gasteiger partial charge < -0.3 is 10.0 Å². The molecule has 2 heterocycles. The predicted octanol–water partition coefficient (Wildman–Crippen LogP) is 1.79. The van der Waals surface area contributed by atoms with Gasteiger partial charge in [0.05, 0.1) is 11.6 Å². The predicted molar refractivity (Wildman–Crippen MR) is 74.6 cm³/mol. The molecule has 7 heteroatoms. The molecule has 2 unspecified atom stereocenters. The third-order valence-electron chi connectivity index (χ3n) is 4.42. The van der Waals surface area contributed by atoms with Crippen LogP contribution in [0.3, 0.4) is 0 Å². The van der Waals surface area contributed by atoms with Crippen LogP contribution in [0.2, 0.25) is 0 Å². The fourth-order valence-corrected chi connectivity index (χ4v) is 2.99. The molecule has 22 heavy (non-hydrogen) atoms. The second-order valence-electron chi connectivity index (χ2n) is 5.79. The van der Waals surface area contributed by atoms with Crippen LogP contribution in [-0.4, -0.2) is 29.5 Å². The van der Waals surface area contributed by atoms with Crippen molar-refractivity contribution in [3.63, 3.8) is 0 Å². The Bertz CT molecular complexity index is 663. The Kier molecular flexibility index (Phi) is 3.50. The number of hydrogen-bond acceptors (Lipinski definition) is 4. The normalized spacial score (nSPS) is 25.0. The van der Waals surface area contributed by atoms with E-state index < -0.39 is 40.7 Å². The Balaban J connectivity index is 2.01. The van der Waals surface area contributed by atoms with Crippen molar-refractivity contribution < 1.29 is 23.5 Å². The van der Waals surface area contributed by atoms with E-state index in [1.807, 2.05) is 6.92 Å². The Morgan fingerprint density at radius 1 is 1.32 bits per heavy atom. The fourth-order valence-electron chi connectivity index (χ4n) is 2.99. The van der Waals surface area contributed by atoms with Gasteiger partial charge in [-0.1, -0.05) is 0 Å². The fraction of sp³-hybridized carbons (Fsp3) is 0.467. The van der Waals surface area contributed by atoms with E-state index in [1.165, 1.54) is 0 Å². The number of imide groups is 1. The molecular weight excluding hydrogens is 294 g/mol. The van der Waals surface area contributed by atoms with Gasteiger partial charge in [-0.2, -0.15) is 0 Å². The molecule has 0 bridgehead atoms. The van der Waals surface area contributed by atoms with Gasteiger partial charge in [-0.05, 0) is 19.8 Å². The molecule has 2 N–H and O–H groups in total. The first-order valence-corrected chi connectivity index (χ1v) is 7.21. The van der Waals surface area contributed by atoms with Crippen LogP contribution in [-0.2, 0) is 9.59 Å². The third-order valence-corrected chi connectivity index (χ3v) is 4.42. The van der Waals surface area contributed by atoms with E-state index in [9.17, 15) is 23.5 Å². The summed E-state index contributed by atoms with van der Waals surface area (Å²) >= 11 is 0. The molecule has 0 spiro atoms. The number of carbonyl (C=O) groups excluding carboxylic acids is 2. The SMILES string of the molecule is CC1CCN1c1cc(F)c(C2CCC(=O)NC2=O)c(F)c1O. The van der Waals surface area contributed by atoms with E-state index in [4.69, 9.17) is 0 Å². The highest BCUT2D eigenvalue weighted by molar-refractivity contribution is 6.01. The Morgan fingerprint density at radius 3 is 2.59 bits per heavy atom. The number of nitrogens with zero attached hydrogens (tertiary/aromatic N) is 1. The van der Waals surface area contributed by atoms with Gasteiger partial charge in [-0.3, -0.25) is 14.9 Å². The van der Waals surface area contributed by atoms with E-state index in [-0.39, 0.29) is 24.6 Å². The molecule has 2 saturated heterocycles. The first-order chi connectivity index (χ1) is 10.4. The average molecular weight is 310 g/mol. The summed E-state index contributed by atoms with van der Waals surface area (Å²) in [7, 11) is 0. The maximum Gasteiger partial charge on any atom is 0.234 e. The highest BCUT2D eigenvalue weighted by Gasteiger charge is 2.36. The third kappa shape index (κ3) is 2.20. The van der Waals surface area contributed by atoms with Gasteiger partial charge >= 0.3 is 0 Å². The molecule has 2 aliphatic heterocycles. The van der Waals surface area contributed by atoms with Crippen molar-refractivity contribution in [1.29, 1.82) is 0 Å². The first-order valence-electron chi connectivity index (χ1n) is 7.21. The second kappa shape index (κ2) is 5.23. The van der Waals surface area contributed by atoms with Gasteiger partial charge in [0, 0.05) is 30.6 Å². The van der Waals surface area contributed by atoms with Gasteiger partial charge in [0.25, 0.3) is 0 Å². The molecule has 2 fully saturated rings. The Labute approximate surface area is 125 Å². The quantitative estimate of drug-likeness (QED) is 0.817. The highest BCUT2D eigenvalue weighted by atomic mass is 19.1. The smallest absolute Gasteiger partial charge is 0.234 e. The van der Waals surface area contributed by atoms with Crippen LogP contribution in [0.1, 0.15) is 37.7 Å². The number of carbonyl (C=O) groups is 2. The Hall–Kier alpha value is -2.18. The van der Waals surface area contributed by atoms with Crippen LogP contribution in [0.4, 0.5) is 14.5 Å². The number of aromatic hydroxyl groups is 1. The van der Waals surface area contributed by atoms with Gasteiger partial charge in [0.15, 0.2) is 11.6 Å². The van der Waals surface area contributed by atoms with Gasteiger partial charge in [0.2, 0.25) is 11.8 Å². The maximum atomic E-state index is 14.4. The molecule has 118 valence electrons. The molecule has 2 atom stereocenters. The zero-order valence-electron chi connectivity index (χ0n) is 12.0. The molecule has 2 amide bonds. The molecular formula is C15H16F2N2O3. The zero-order chi connectivity index (χ0) is 16.0. The van der Waals surface area contributed by atoms with E-state index in [2.05, 4.69) is 5.32 Å². The molecule has 1 aromatic rings. The van der Waals surface area contributed by atoms with Gasteiger partial charge in [0.1, 0.15) is 5.82 Å². The molecule has 0 aliphatic carbocycles. The lowest BCUT2D eigenvalue weighted by Gasteiger charge is -2.41. The number of amides is 2. The van der Waals surface area contributed by atoms with Crippen molar-refractivity contribution >= 4 is 17.5 Å². The minimum Gasteiger partial charge on any atom is -0.503 e. The minimum absolute atomic E-state index is 0.0148. The number of anilines is 1. The van der Waals surface area contributed by atoms with Crippen LogP contribution in [0.15, 0.2) is 6.07 Å². The average Bonchev–Trinajstić information content (AvgIpc) is 2.45. The van der Waals surface area contributed by atoms with Crippen molar-refractivity contribution in [3.05, 3.63) is 23.3 Å². The lowest BCUT2D eigenvalue weighted by molar-refractivity contribution is -0.134. The van der Waals surface area contributed by atoms with Gasteiger partial charge in [-0.15, -0.1) is 0 Å². The maximum absolute atomic E-state index is 14.4. The molecule has 5 nitrogen and oxygen atoms in total. The van der Waals surface area contributed by atoms with Crippen LogP contribution >= 0.6 is 0 Å². The summed E-state index contributed by atoms with van der Waals surface area (Å²) < 4.78 is 28.8. The van der Waals surface area contributed by atoms with E-state index in [0.29, 0.717) is 6.54 Å². The monoisotopic (exact) mass is 310 g/mol. The largest absolute Gasteiger partial charge is 0.503 e. The zero-order valence-corrected chi connectivity index (χ0v) is 12.0. The summed E-state index contributed by atoms with van der Waals surface area (Å²) in [6, 6.07) is 1.17. The summed E-state index contributed by atoms with van der Waals surface area (Å²) in [6.07, 6.45) is 0.927. The topological polar surface area (TPSA) is 69.6 Å². The molecule has 2 aliphatic rings. The number of hydrogen-bond donors (Lipinski definition) is 2. The lowest BCUT2D eigenvalue weighted by Crippen LogP contribution is -2.46. The lowest BCUT2D eigenvalue weighted by atomic mass is 9.88. The summed E-state index contributed by atoms with van der Waals surface area (Å²) in [6.45, 7) is 2.51. The molecule has 3 rings (SSSR count). The van der Waals surface area contributed by atoms with Crippen molar-refractivity contribution in [2.45, 2.75) is 38.1 Å². The highest BCUT2D eigenvalue weighted by Crippen LogP contribution is 2.41. The molecule has 1 aromatic carbocycles. The van der Waals surface area contributed by atoms with E-state index in [0.717, 1.165) is 12.5 Å². The molecule has 0 saturated carbocycles. The van der Waals surface area contributed by atoms with Crippen molar-refractivity contribution in [2.24, 2.45) is 0 Å². The number of phenols is 1. The van der Waals surface area contributed by atoms with Crippen molar-refractivity contribution in [1.82, 2.24) is 5.32 Å². The number of halogens is 2. The van der Waals surface area contributed by atoms with Gasteiger partial charge in [-0.25, -0.2) is 8.78 Å². The second-order valence-corrected chi connectivity index (χ2v) is 5.79. The van der Waals surface area contributed by atoms with Crippen LogP contribution < -0.4 is 10.2 Å². The summed E-state index contributed by atoms with van der Waals surface area (Å²) in [4.78, 5) is 24.6. The number of nitrogens with one attached hydrogen (secondary N) is 1. The number of rotatable bonds is 2. The molecule has 0 radical (unpaired) electrons. The Morgan fingerprint density at radius 2 is 2.05 bits per heavy atom. The van der Waals surface area contributed by atoms with E-state index in [1.54, 1.807) is 4.90 Å². The number of piperidine rings is 1. The van der Waals surface area contributed by atoms with E-state index >= 15 is 0 Å². The van der Waals surface area contributed by atoms with Crippen molar-refractivity contribution in [3.8, 4) is 5.75 Å². The number of phenolic OH excluding ortho intramolecular Hbond substituents is 1. The summed E-state index contributed by atoms with van der Waals surface area (Å²) in [5.41, 5.74) is -0.371. The summed E-state index contributed by atoms with van der Waals surface area (Å²) in [5.74, 6) is -4.95. The minimum atomic E-state index is -1.12. The summed E-state index contributed by atoms with van der Waals surface area (Å²) in [5, 5.41) is 12.1. The first kappa shape index (κ1) is 14.7. The van der Waals surface area contributed by atoms with Crippen LogP contribution in [0.5, 0.6) is 5.75 Å². The molecule has 0 aromatic heterocycles. The van der Waals surface area contributed by atoms with Crippen LogP contribution in [0.25, 0.3) is 0 Å². The number of benzene rings is 1. The van der Waals surface area contributed by atoms with Crippen molar-refractivity contribution in [2.75, 3.05) is 11.4 Å². The van der Waals surface area contributed by atoms with Crippen LogP contribution in [0, 0.1) is 11.6 Å². The standard InChI is InChI=1S/C15H16F2N2O3/c1-7-4-5-19(7)10-6-9(16)12(13(17)14(10)21)8-2-3-11(20)18-15(8)22/h6-8,21H,2-5H2,1H3,(H,18,20,22).